The normalized spacial score (nSPS) is 12.8. The van der Waals surface area contributed by atoms with E-state index in [1.54, 1.807) is 13.3 Å². The highest BCUT2D eigenvalue weighted by atomic mass is 16.5. The SMILES string of the molecule is C=CC(=O)Nc1cc(Nc2nccc(-c3c4n(c5ccccc35)C(=O)CCC4)n2)c(OC)cc1N(C)CCN(C)C. The van der Waals surface area contributed by atoms with Crippen molar-refractivity contribution in [2.45, 2.75) is 19.3 Å². The van der Waals surface area contributed by atoms with E-state index in [0.717, 1.165) is 59.5 Å². The molecule has 1 amide bonds. The second kappa shape index (κ2) is 11.8. The van der Waals surface area contributed by atoms with Crippen LogP contribution in [0.25, 0.3) is 22.2 Å². The maximum absolute atomic E-state index is 12.9. The van der Waals surface area contributed by atoms with E-state index < -0.39 is 0 Å². The minimum atomic E-state index is -0.318. The third-order valence-electron chi connectivity index (χ3n) is 7.24. The predicted octanol–water partition coefficient (Wildman–Crippen LogP) is 4.95. The number of hydrogen-bond donors (Lipinski definition) is 2. The number of methoxy groups -OCH3 is 1. The Bertz CT molecular complexity index is 1630. The number of carbonyl (C=O) groups is 2. The summed E-state index contributed by atoms with van der Waals surface area (Å²) in [6, 6.07) is 13.5. The van der Waals surface area contributed by atoms with Crippen molar-refractivity contribution in [1.82, 2.24) is 19.4 Å². The van der Waals surface area contributed by atoms with E-state index in [1.165, 1.54) is 6.08 Å². The van der Waals surface area contributed by atoms with E-state index in [1.807, 2.05) is 68.2 Å². The molecule has 0 unspecified atom stereocenters. The fourth-order valence-electron chi connectivity index (χ4n) is 5.20. The summed E-state index contributed by atoms with van der Waals surface area (Å²) in [5.41, 5.74) is 5.53. The van der Waals surface area contributed by atoms with Crippen molar-refractivity contribution in [3.8, 4) is 17.0 Å². The van der Waals surface area contributed by atoms with Gasteiger partial charge < -0.3 is 25.2 Å². The average molecular weight is 554 g/mol. The Hall–Kier alpha value is -4.70. The Morgan fingerprint density at radius 2 is 1.93 bits per heavy atom. The molecule has 0 aliphatic carbocycles. The number of fused-ring (bicyclic) bond motifs is 3. The number of ether oxygens (including phenoxy) is 1. The van der Waals surface area contributed by atoms with Crippen molar-refractivity contribution in [1.29, 1.82) is 0 Å². The molecule has 0 radical (unpaired) electrons. The van der Waals surface area contributed by atoms with Gasteiger partial charge in [0, 0.05) is 55.5 Å². The Morgan fingerprint density at radius 1 is 1.12 bits per heavy atom. The zero-order valence-electron chi connectivity index (χ0n) is 23.9. The van der Waals surface area contributed by atoms with E-state index in [0.29, 0.717) is 29.5 Å². The summed E-state index contributed by atoms with van der Waals surface area (Å²) >= 11 is 0. The van der Waals surface area contributed by atoms with Crippen molar-refractivity contribution < 1.29 is 14.3 Å². The minimum Gasteiger partial charge on any atom is -0.494 e. The average Bonchev–Trinajstić information content (AvgIpc) is 3.31. The summed E-state index contributed by atoms with van der Waals surface area (Å²) in [5, 5.41) is 7.19. The first kappa shape index (κ1) is 27.9. The number of benzene rings is 2. The number of para-hydroxylation sites is 1. The number of amides is 1. The van der Waals surface area contributed by atoms with Crippen LogP contribution in [0.2, 0.25) is 0 Å². The van der Waals surface area contributed by atoms with E-state index in [-0.39, 0.29) is 11.8 Å². The molecule has 0 spiro atoms. The predicted molar refractivity (Wildman–Crippen MR) is 163 cm³/mol. The van der Waals surface area contributed by atoms with Gasteiger partial charge in [-0.1, -0.05) is 24.8 Å². The van der Waals surface area contributed by atoms with E-state index in [9.17, 15) is 9.59 Å². The van der Waals surface area contributed by atoms with Gasteiger partial charge in [-0.2, -0.15) is 0 Å². The Balaban J connectivity index is 1.54. The van der Waals surface area contributed by atoms with Crippen LogP contribution in [0, 0.1) is 0 Å². The van der Waals surface area contributed by atoms with Gasteiger partial charge in [0.25, 0.3) is 0 Å². The molecular weight excluding hydrogens is 518 g/mol. The van der Waals surface area contributed by atoms with Crippen molar-refractivity contribution in [3.05, 3.63) is 67.0 Å². The van der Waals surface area contributed by atoms with Crippen LogP contribution in [0.15, 0.2) is 61.3 Å². The maximum atomic E-state index is 12.9. The third kappa shape index (κ3) is 5.64. The molecule has 4 aromatic rings. The van der Waals surface area contributed by atoms with Crippen LogP contribution in [0.3, 0.4) is 0 Å². The van der Waals surface area contributed by atoms with Gasteiger partial charge in [0.15, 0.2) is 0 Å². The molecule has 41 heavy (non-hydrogen) atoms. The summed E-state index contributed by atoms with van der Waals surface area (Å²) < 4.78 is 7.58. The van der Waals surface area contributed by atoms with Gasteiger partial charge in [0.1, 0.15) is 5.75 Å². The summed E-state index contributed by atoms with van der Waals surface area (Å²) in [6.07, 6.45) is 5.08. The van der Waals surface area contributed by atoms with Crippen LogP contribution in [-0.2, 0) is 11.2 Å². The van der Waals surface area contributed by atoms with Crippen LogP contribution in [-0.4, -0.2) is 72.6 Å². The molecule has 2 aromatic heterocycles. The molecule has 10 nitrogen and oxygen atoms in total. The molecule has 10 heteroatoms. The van der Waals surface area contributed by atoms with Crippen LogP contribution in [0.4, 0.5) is 23.0 Å². The fourth-order valence-corrected chi connectivity index (χ4v) is 5.20. The molecule has 2 N–H and O–H groups in total. The molecule has 0 saturated heterocycles. The molecule has 0 atom stereocenters. The standard InChI is InChI=1S/C31H35N7O3/c1-6-28(39)33-22-18-23(27(41-5)19-26(22)37(4)17-16-36(2)3)35-31-32-15-14-21(34-31)30-20-10-7-8-11-24(20)38-25(30)12-9-13-29(38)40/h6-8,10-11,14-15,18-19H,1,9,12-13,16-17H2,2-5H3,(H,33,39)(H,32,34,35). The number of likely N-dealkylation sites (N-methyl/N-ethyl adjacent to an activating group) is 2. The highest BCUT2D eigenvalue weighted by Gasteiger charge is 2.26. The molecule has 3 heterocycles. The van der Waals surface area contributed by atoms with Gasteiger partial charge in [-0.05, 0) is 51.2 Å². The number of rotatable bonds is 10. The second-order valence-electron chi connectivity index (χ2n) is 10.3. The number of aromatic nitrogens is 3. The van der Waals surface area contributed by atoms with Crippen LogP contribution >= 0.6 is 0 Å². The van der Waals surface area contributed by atoms with Crippen molar-refractivity contribution in [3.63, 3.8) is 0 Å². The van der Waals surface area contributed by atoms with Gasteiger partial charge in [0.05, 0.1) is 35.4 Å². The zero-order chi connectivity index (χ0) is 29.1. The minimum absolute atomic E-state index is 0.107. The largest absolute Gasteiger partial charge is 0.494 e. The first-order valence-electron chi connectivity index (χ1n) is 13.6. The molecule has 0 fully saturated rings. The molecule has 1 aliphatic heterocycles. The third-order valence-corrected chi connectivity index (χ3v) is 7.24. The molecule has 2 aromatic carbocycles. The zero-order valence-corrected chi connectivity index (χ0v) is 23.9. The lowest BCUT2D eigenvalue weighted by Crippen LogP contribution is -2.29. The molecule has 0 saturated carbocycles. The Morgan fingerprint density at radius 3 is 2.68 bits per heavy atom. The Labute approximate surface area is 239 Å². The van der Waals surface area contributed by atoms with E-state index >= 15 is 0 Å². The molecule has 5 rings (SSSR count). The molecular formula is C31H35N7O3. The van der Waals surface area contributed by atoms with Gasteiger partial charge in [-0.25, -0.2) is 9.97 Å². The number of carbonyl (C=O) groups excluding carboxylic acids is 2. The summed E-state index contributed by atoms with van der Waals surface area (Å²) in [6.45, 7) is 5.16. The van der Waals surface area contributed by atoms with Crippen molar-refractivity contribution >= 4 is 45.7 Å². The summed E-state index contributed by atoms with van der Waals surface area (Å²) in [4.78, 5) is 38.7. The quantitative estimate of drug-likeness (QED) is 0.266. The van der Waals surface area contributed by atoms with Crippen molar-refractivity contribution in [2.75, 3.05) is 56.9 Å². The Kier molecular flexibility index (Phi) is 8.02. The van der Waals surface area contributed by atoms with Crippen LogP contribution in [0.5, 0.6) is 5.75 Å². The lowest BCUT2D eigenvalue weighted by molar-refractivity contribution is -0.111. The fraction of sp³-hybridized carbons (Fsp3) is 0.290. The monoisotopic (exact) mass is 553 g/mol. The first-order valence-corrected chi connectivity index (χ1v) is 13.6. The first-order chi connectivity index (χ1) is 19.8. The van der Waals surface area contributed by atoms with Gasteiger partial charge in [-0.15, -0.1) is 0 Å². The lowest BCUT2D eigenvalue weighted by Gasteiger charge is -2.26. The van der Waals surface area contributed by atoms with E-state index in [2.05, 4.69) is 32.0 Å². The van der Waals surface area contributed by atoms with Gasteiger partial charge >= 0.3 is 0 Å². The number of nitrogens with one attached hydrogen (secondary N) is 2. The number of nitrogens with zero attached hydrogens (tertiary/aromatic N) is 5. The topological polar surface area (TPSA) is 105 Å². The van der Waals surface area contributed by atoms with Crippen LogP contribution < -0.4 is 20.3 Å². The number of hydrogen-bond acceptors (Lipinski definition) is 8. The molecule has 0 bridgehead atoms. The van der Waals surface area contributed by atoms with E-state index in [4.69, 9.17) is 9.72 Å². The molecule has 212 valence electrons. The van der Waals surface area contributed by atoms with Gasteiger partial charge in [-0.3, -0.25) is 14.2 Å². The smallest absolute Gasteiger partial charge is 0.247 e. The highest BCUT2D eigenvalue weighted by molar-refractivity contribution is 6.04. The summed E-state index contributed by atoms with van der Waals surface area (Å²) in [7, 11) is 7.59. The van der Waals surface area contributed by atoms with Gasteiger partial charge in [0.2, 0.25) is 17.8 Å². The summed E-state index contributed by atoms with van der Waals surface area (Å²) in [5.74, 6) is 0.721. The lowest BCUT2D eigenvalue weighted by atomic mass is 10.0. The van der Waals surface area contributed by atoms with Crippen molar-refractivity contribution in [2.24, 2.45) is 0 Å². The number of anilines is 4. The highest BCUT2D eigenvalue weighted by Crippen LogP contribution is 2.40. The molecule has 1 aliphatic rings. The second-order valence-corrected chi connectivity index (χ2v) is 10.3. The maximum Gasteiger partial charge on any atom is 0.247 e. The van der Waals surface area contributed by atoms with Crippen LogP contribution in [0.1, 0.15) is 23.3 Å².